The van der Waals surface area contributed by atoms with Crippen molar-refractivity contribution in [2.75, 3.05) is 7.11 Å². The molecule has 0 saturated heterocycles. The highest BCUT2D eigenvalue weighted by Gasteiger charge is 2.25. The minimum atomic E-state index is -0.761. The molecule has 0 aliphatic carbocycles. The fourth-order valence-corrected chi connectivity index (χ4v) is 2.06. The summed E-state index contributed by atoms with van der Waals surface area (Å²) in [6.45, 7) is 0. The molecule has 0 heterocycles. The van der Waals surface area contributed by atoms with Crippen LogP contribution in [0.25, 0.3) is 0 Å². The minimum Gasteiger partial charge on any atom is -0.497 e. The van der Waals surface area contributed by atoms with Gasteiger partial charge in [0, 0.05) is 5.56 Å². The SMILES string of the molecule is COc1cccc(C(=O)C(C(=N)N)c2ccccc2)c1. The van der Waals surface area contributed by atoms with E-state index in [0.717, 1.165) is 0 Å². The van der Waals surface area contributed by atoms with Crippen LogP contribution in [0.5, 0.6) is 5.75 Å². The number of hydrogen-bond acceptors (Lipinski definition) is 3. The van der Waals surface area contributed by atoms with Gasteiger partial charge in [0.2, 0.25) is 0 Å². The summed E-state index contributed by atoms with van der Waals surface area (Å²) in [6.07, 6.45) is 0. The number of benzene rings is 2. The molecule has 2 aromatic rings. The summed E-state index contributed by atoms with van der Waals surface area (Å²) < 4.78 is 5.11. The lowest BCUT2D eigenvalue weighted by molar-refractivity contribution is 0.0982. The molecule has 0 amide bonds. The highest BCUT2D eigenvalue weighted by Crippen LogP contribution is 2.23. The molecule has 0 bridgehead atoms. The van der Waals surface area contributed by atoms with E-state index in [9.17, 15) is 4.79 Å². The number of amidine groups is 1. The summed E-state index contributed by atoms with van der Waals surface area (Å²) in [5, 5.41) is 7.69. The predicted molar refractivity (Wildman–Crippen MR) is 78.4 cm³/mol. The van der Waals surface area contributed by atoms with Crippen molar-refractivity contribution in [3.05, 3.63) is 65.7 Å². The Hall–Kier alpha value is -2.62. The molecular weight excluding hydrogens is 252 g/mol. The number of ketones is 1. The molecule has 0 aliphatic heterocycles. The van der Waals surface area contributed by atoms with Crippen LogP contribution in [-0.4, -0.2) is 18.7 Å². The molecule has 1 atom stereocenters. The van der Waals surface area contributed by atoms with Gasteiger partial charge in [0.15, 0.2) is 5.78 Å². The fraction of sp³-hybridized carbons (Fsp3) is 0.125. The molecule has 4 nitrogen and oxygen atoms in total. The van der Waals surface area contributed by atoms with Crippen molar-refractivity contribution in [1.82, 2.24) is 0 Å². The summed E-state index contributed by atoms with van der Waals surface area (Å²) in [4.78, 5) is 12.6. The Morgan fingerprint density at radius 2 is 1.85 bits per heavy atom. The molecule has 2 aromatic carbocycles. The molecular formula is C16H16N2O2. The van der Waals surface area contributed by atoms with Crippen molar-refractivity contribution in [3.8, 4) is 5.75 Å². The quantitative estimate of drug-likeness (QED) is 0.497. The maximum atomic E-state index is 12.6. The third kappa shape index (κ3) is 2.85. The van der Waals surface area contributed by atoms with Crippen LogP contribution in [0.2, 0.25) is 0 Å². The van der Waals surface area contributed by atoms with Crippen molar-refractivity contribution in [3.63, 3.8) is 0 Å². The second kappa shape index (κ2) is 6.02. The van der Waals surface area contributed by atoms with Crippen LogP contribution in [0.3, 0.4) is 0 Å². The first-order valence-corrected chi connectivity index (χ1v) is 6.20. The molecule has 102 valence electrons. The first kappa shape index (κ1) is 13.8. The molecule has 0 fully saturated rings. The van der Waals surface area contributed by atoms with Gasteiger partial charge in [-0.15, -0.1) is 0 Å². The van der Waals surface area contributed by atoms with Crippen molar-refractivity contribution in [1.29, 1.82) is 5.41 Å². The number of methoxy groups -OCH3 is 1. The zero-order chi connectivity index (χ0) is 14.5. The number of carbonyl (C=O) groups excluding carboxylic acids is 1. The van der Waals surface area contributed by atoms with Gasteiger partial charge in [-0.3, -0.25) is 10.2 Å². The van der Waals surface area contributed by atoms with E-state index in [1.165, 1.54) is 0 Å². The van der Waals surface area contributed by atoms with Crippen LogP contribution >= 0.6 is 0 Å². The van der Waals surface area contributed by atoms with Crippen LogP contribution in [0.1, 0.15) is 21.8 Å². The Kier molecular flexibility index (Phi) is 4.15. The molecule has 0 spiro atoms. The molecule has 0 aromatic heterocycles. The maximum Gasteiger partial charge on any atom is 0.177 e. The van der Waals surface area contributed by atoms with Crippen LogP contribution in [0.4, 0.5) is 0 Å². The summed E-state index contributed by atoms with van der Waals surface area (Å²) in [6, 6.07) is 16.0. The van der Waals surface area contributed by atoms with Gasteiger partial charge in [0.1, 0.15) is 17.5 Å². The maximum absolute atomic E-state index is 12.6. The molecule has 20 heavy (non-hydrogen) atoms. The number of hydrogen-bond donors (Lipinski definition) is 2. The number of nitrogens with two attached hydrogens (primary N) is 1. The third-order valence-electron chi connectivity index (χ3n) is 3.06. The summed E-state index contributed by atoms with van der Waals surface area (Å²) in [5.41, 5.74) is 6.80. The largest absolute Gasteiger partial charge is 0.497 e. The minimum absolute atomic E-state index is 0.163. The summed E-state index contributed by atoms with van der Waals surface area (Å²) in [5.74, 6) is -0.527. The number of ether oxygens (including phenoxy) is 1. The van der Waals surface area contributed by atoms with Gasteiger partial charge in [0.25, 0.3) is 0 Å². The lowest BCUT2D eigenvalue weighted by Gasteiger charge is -2.15. The predicted octanol–water partition coefficient (Wildman–Crippen LogP) is 2.60. The second-order valence-electron chi connectivity index (χ2n) is 4.40. The van der Waals surface area contributed by atoms with E-state index in [0.29, 0.717) is 16.9 Å². The highest BCUT2D eigenvalue weighted by atomic mass is 16.5. The van der Waals surface area contributed by atoms with E-state index < -0.39 is 5.92 Å². The Bertz CT molecular complexity index is 623. The van der Waals surface area contributed by atoms with Crippen molar-refractivity contribution in [2.24, 2.45) is 5.73 Å². The average Bonchev–Trinajstić information content (AvgIpc) is 2.48. The molecule has 0 aliphatic rings. The van der Waals surface area contributed by atoms with E-state index in [-0.39, 0.29) is 11.6 Å². The standard InChI is InChI=1S/C16H16N2O2/c1-20-13-9-5-8-12(10-13)15(19)14(16(17)18)11-6-3-2-4-7-11/h2-10,14H,1H3,(H3,17,18). The molecule has 2 rings (SSSR count). The Morgan fingerprint density at radius 1 is 1.15 bits per heavy atom. The number of Topliss-reactive ketones (excluding diaryl/α,β-unsaturated/α-hetero) is 1. The molecule has 0 saturated carbocycles. The van der Waals surface area contributed by atoms with Gasteiger partial charge >= 0.3 is 0 Å². The highest BCUT2D eigenvalue weighted by molar-refractivity contribution is 6.14. The topological polar surface area (TPSA) is 76.2 Å². The van der Waals surface area contributed by atoms with Crippen molar-refractivity contribution in [2.45, 2.75) is 5.92 Å². The van der Waals surface area contributed by atoms with Crippen LogP contribution < -0.4 is 10.5 Å². The van der Waals surface area contributed by atoms with Gasteiger partial charge in [-0.05, 0) is 17.7 Å². The fourth-order valence-electron chi connectivity index (χ4n) is 2.06. The zero-order valence-corrected chi connectivity index (χ0v) is 11.2. The molecule has 3 N–H and O–H groups in total. The van der Waals surface area contributed by atoms with Gasteiger partial charge in [-0.1, -0.05) is 42.5 Å². The van der Waals surface area contributed by atoms with Crippen LogP contribution in [-0.2, 0) is 0 Å². The molecule has 0 radical (unpaired) electrons. The third-order valence-corrected chi connectivity index (χ3v) is 3.06. The van der Waals surface area contributed by atoms with Crippen LogP contribution in [0, 0.1) is 5.41 Å². The van der Waals surface area contributed by atoms with E-state index in [2.05, 4.69) is 0 Å². The molecule has 1 unspecified atom stereocenters. The first-order valence-electron chi connectivity index (χ1n) is 6.20. The van der Waals surface area contributed by atoms with Crippen molar-refractivity contribution < 1.29 is 9.53 Å². The average molecular weight is 268 g/mol. The summed E-state index contributed by atoms with van der Waals surface area (Å²) in [7, 11) is 1.54. The van der Waals surface area contributed by atoms with E-state index in [4.69, 9.17) is 15.9 Å². The zero-order valence-electron chi connectivity index (χ0n) is 11.2. The summed E-state index contributed by atoms with van der Waals surface area (Å²) >= 11 is 0. The first-order chi connectivity index (χ1) is 9.63. The van der Waals surface area contributed by atoms with Gasteiger partial charge < -0.3 is 10.5 Å². The number of nitrogens with one attached hydrogen (secondary N) is 1. The Morgan fingerprint density at radius 3 is 2.45 bits per heavy atom. The molecule has 4 heteroatoms. The van der Waals surface area contributed by atoms with Crippen LogP contribution in [0.15, 0.2) is 54.6 Å². The Balaban J connectivity index is 2.39. The van der Waals surface area contributed by atoms with E-state index in [1.807, 2.05) is 18.2 Å². The Labute approximate surface area is 117 Å². The monoisotopic (exact) mass is 268 g/mol. The normalized spacial score (nSPS) is 11.7. The van der Waals surface area contributed by atoms with Gasteiger partial charge in [0.05, 0.1) is 7.11 Å². The lowest BCUT2D eigenvalue weighted by Crippen LogP contribution is -2.27. The number of carbonyl (C=O) groups is 1. The van der Waals surface area contributed by atoms with Crippen molar-refractivity contribution >= 4 is 11.6 Å². The van der Waals surface area contributed by atoms with E-state index >= 15 is 0 Å². The van der Waals surface area contributed by atoms with Gasteiger partial charge in [-0.25, -0.2) is 0 Å². The van der Waals surface area contributed by atoms with E-state index in [1.54, 1.807) is 43.5 Å². The second-order valence-corrected chi connectivity index (χ2v) is 4.40. The van der Waals surface area contributed by atoms with Gasteiger partial charge in [-0.2, -0.15) is 0 Å². The smallest absolute Gasteiger partial charge is 0.177 e. The number of rotatable bonds is 5. The lowest BCUT2D eigenvalue weighted by atomic mass is 9.89.